The molecule has 2 unspecified atom stereocenters. The van der Waals surface area contributed by atoms with Crippen molar-refractivity contribution in [2.75, 3.05) is 30.5 Å². The second-order valence-electron chi connectivity index (χ2n) is 17.6. The predicted molar refractivity (Wildman–Crippen MR) is 245 cm³/mol. The van der Waals surface area contributed by atoms with Crippen LogP contribution in [0.25, 0.3) is 22.3 Å². The van der Waals surface area contributed by atoms with Crippen LogP contribution in [-0.2, 0) is 53.2 Å². The maximum Gasteiger partial charge on any atom is 0.489 e. The highest BCUT2D eigenvalue weighted by molar-refractivity contribution is 8.07. The van der Waals surface area contributed by atoms with Crippen LogP contribution in [-0.4, -0.2) is 126 Å². The molecule has 2 fully saturated rings. The fourth-order valence-corrected chi connectivity index (χ4v) is 10.8. The van der Waals surface area contributed by atoms with Crippen molar-refractivity contribution in [3.8, 4) is 6.07 Å². The minimum atomic E-state index is -4.22. The highest BCUT2D eigenvalue weighted by Gasteiger charge is 2.56. The number of fused-ring (bicyclic) bond motifs is 2. The summed E-state index contributed by atoms with van der Waals surface area (Å²) < 4.78 is 74.6. The van der Waals surface area contributed by atoms with E-state index < -0.39 is 114 Å². The van der Waals surface area contributed by atoms with E-state index >= 15 is 4.39 Å². The smallest absolute Gasteiger partial charge is 0.489 e. The second kappa shape index (κ2) is 21.2. The molecule has 1 aromatic carbocycles. The Morgan fingerprint density at radius 3 is 2.46 bits per heavy atom. The predicted octanol–water partition coefficient (Wildman–Crippen LogP) is 3.68. The van der Waals surface area contributed by atoms with E-state index in [9.17, 15) is 34.2 Å². The number of carbonyl (C=O) groups excluding carboxylic acids is 2. The van der Waals surface area contributed by atoms with Crippen molar-refractivity contribution < 1.29 is 60.5 Å². The molecule has 0 spiro atoms. The lowest BCUT2D eigenvalue weighted by atomic mass is 10.1. The first kappa shape index (κ1) is 51.9. The molecule has 5 aromatic rings. The van der Waals surface area contributed by atoms with Gasteiger partial charge in [-0.25, -0.2) is 19.3 Å². The van der Waals surface area contributed by atoms with E-state index in [2.05, 4.69) is 45.9 Å². The molecule has 6 heterocycles. The molecule has 2 aliphatic heterocycles. The lowest BCUT2D eigenvalue weighted by molar-refractivity contribution is -0.194. The van der Waals surface area contributed by atoms with Crippen molar-refractivity contribution in [3.63, 3.8) is 0 Å². The SMILES string of the molecule is CC(C)C(=O)Nc1nc2c(ncn2[C@@H]2O[C@H](COP(=S)(OCCC#N)O[C@H]3[C@H](F)[C@H](n4nnc5c(NC(=O)c6ccccc6)ncnc54)O[C@@H]3CO)[C@@H](O[Si](C)(C)C(C)(C)C)[C@@H]2O[P+](=O)[O-])c(=O)[nH]1. The van der Waals surface area contributed by atoms with E-state index in [0.29, 0.717) is 5.56 Å². The molecule has 0 saturated carbocycles. The van der Waals surface area contributed by atoms with Gasteiger partial charge >= 0.3 is 15.0 Å². The molecule has 0 radical (unpaired) electrons. The van der Waals surface area contributed by atoms with Gasteiger partial charge in [0.1, 0.15) is 30.7 Å². The van der Waals surface area contributed by atoms with E-state index in [1.54, 1.807) is 44.2 Å². The molecular weight excluding hydrogens is 986 g/mol. The number of carbonyl (C=O) groups is 2. The monoisotopic (exact) mass is 1030 g/mol. The number of halogens is 1. The number of nitrogens with one attached hydrogen (secondary N) is 3. The van der Waals surface area contributed by atoms with Gasteiger partial charge in [-0.3, -0.25) is 33.8 Å². The Labute approximate surface area is 399 Å². The number of hydrogen-bond donors (Lipinski definition) is 4. The van der Waals surface area contributed by atoms with Crippen LogP contribution in [0.4, 0.5) is 16.2 Å². The first-order valence-electron chi connectivity index (χ1n) is 21.3. The molecule has 10 atom stereocenters. The Balaban J connectivity index is 1.19. The number of imidazole rings is 1. The van der Waals surface area contributed by atoms with E-state index in [1.165, 1.54) is 10.9 Å². The third kappa shape index (κ3) is 11.3. The number of amides is 2. The number of H-pyrrole nitrogens is 1. The number of rotatable bonds is 19. The fraction of sp³-hybridized carbons (Fsp3) is 0.538. The number of ether oxygens (including phenoxy) is 2. The van der Waals surface area contributed by atoms with Crippen LogP contribution < -0.4 is 21.1 Å². The van der Waals surface area contributed by atoms with Gasteiger partial charge < -0.3 is 38.3 Å². The van der Waals surface area contributed by atoms with Crippen LogP contribution >= 0.6 is 15.0 Å². The number of alkyl halides is 1. The Bertz CT molecular complexity index is 2850. The largest absolute Gasteiger partial charge is 0.566 e. The summed E-state index contributed by atoms with van der Waals surface area (Å²) in [5.41, 5.74) is -0.737. The molecule has 0 aliphatic carbocycles. The summed E-state index contributed by atoms with van der Waals surface area (Å²) in [6, 6.07) is 10.2. The lowest BCUT2D eigenvalue weighted by Gasteiger charge is -2.40. The normalized spacial score (nSPS) is 24.1. The van der Waals surface area contributed by atoms with Crippen molar-refractivity contribution >= 4 is 81.0 Å². The van der Waals surface area contributed by atoms with Crippen molar-refractivity contribution in [2.24, 2.45) is 5.92 Å². The van der Waals surface area contributed by atoms with Crippen molar-refractivity contribution in [1.82, 2.24) is 44.5 Å². The molecule has 2 saturated heterocycles. The quantitative estimate of drug-likeness (QED) is 0.0521. The van der Waals surface area contributed by atoms with Crippen LogP contribution in [0.15, 0.2) is 47.8 Å². The standard InChI is InChI=1S/C39H49FN12O13P2SSi/c1-20(2)33(54)47-38-46-32-26(35(56)48-38)44-19-51(32)37-29(63-66(57)58)28(65-69(6,7)39(3,4)5)23(62-37)17-60-67(68,59-15-11-14-41)64-27-22(16-53)61-36(24(27)40)52-31-25(49-50-52)30(42-18-43-31)45-34(55)21-12-9-8-10-13-21/h8-10,12-13,18-20,22-24,27-29,36-37,53H,11,15-17H2,1-7H3,(H,42,43,45,55)(H2,46,47,48,54,56)/t22-,23-,24+,27-,28-,29+,36-,37-,67?/m1/s1. The average Bonchev–Trinajstić information content (AvgIpc) is 4.07. The van der Waals surface area contributed by atoms with E-state index in [0.717, 1.165) is 11.0 Å². The highest BCUT2D eigenvalue weighted by Crippen LogP contribution is 2.55. The van der Waals surface area contributed by atoms with Crippen molar-refractivity contribution in [2.45, 2.75) is 108 Å². The highest BCUT2D eigenvalue weighted by atomic mass is 32.5. The van der Waals surface area contributed by atoms with Crippen LogP contribution in [0.3, 0.4) is 0 Å². The molecule has 4 aromatic heterocycles. The second-order valence-corrected chi connectivity index (χ2v) is 26.0. The summed E-state index contributed by atoms with van der Waals surface area (Å²) in [4.78, 5) is 70.5. The number of aromatic nitrogens is 9. The van der Waals surface area contributed by atoms with Crippen LogP contribution in [0, 0.1) is 17.2 Å². The van der Waals surface area contributed by atoms with Crippen molar-refractivity contribution in [3.05, 3.63) is 58.9 Å². The maximum atomic E-state index is 16.9. The summed E-state index contributed by atoms with van der Waals surface area (Å²) in [5, 5.41) is 32.7. The lowest BCUT2D eigenvalue weighted by Crippen LogP contribution is -2.50. The van der Waals surface area contributed by atoms with Gasteiger partial charge in [-0.1, -0.05) is 58.0 Å². The molecule has 69 heavy (non-hydrogen) atoms. The van der Waals surface area contributed by atoms with Gasteiger partial charge in [-0.2, -0.15) is 14.9 Å². The zero-order chi connectivity index (χ0) is 50.0. The molecule has 370 valence electrons. The summed E-state index contributed by atoms with van der Waals surface area (Å²) >= 11 is 5.84. The number of aliphatic hydroxyl groups is 1. The molecule has 30 heteroatoms. The van der Waals surface area contributed by atoms with Gasteiger partial charge in [0.2, 0.25) is 11.9 Å². The topological polar surface area (TPSA) is 327 Å². The van der Waals surface area contributed by atoms with Gasteiger partial charge in [0.15, 0.2) is 61.2 Å². The number of nitrogens with zero attached hydrogens (tertiary/aromatic N) is 9. The third-order valence-corrected chi connectivity index (χ3v) is 18.8. The van der Waals surface area contributed by atoms with E-state index in [4.69, 9.17) is 43.8 Å². The summed E-state index contributed by atoms with van der Waals surface area (Å²) in [6.07, 6.45) is -10.3. The van der Waals surface area contributed by atoms with Gasteiger partial charge in [-0.15, -0.1) is 9.62 Å². The van der Waals surface area contributed by atoms with Crippen LogP contribution in [0.5, 0.6) is 0 Å². The van der Waals surface area contributed by atoms with Crippen molar-refractivity contribution in [1.29, 1.82) is 5.26 Å². The summed E-state index contributed by atoms with van der Waals surface area (Å²) in [6.45, 7) is 7.00. The number of hydrogen-bond acceptors (Lipinski definition) is 21. The van der Waals surface area contributed by atoms with E-state index in [-0.39, 0.29) is 47.1 Å². The Morgan fingerprint density at radius 1 is 1.07 bits per heavy atom. The number of benzene rings is 1. The summed E-state index contributed by atoms with van der Waals surface area (Å²) in [7, 11) is -6.45. The molecule has 2 amide bonds. The fourth-order valence-electron chi connectivity index (χ4n) is 6.95. The first-order valence-corrected chi connectivity index (χ1v) is 27.9. The number of nitriles is 1. The first-order chi connectivity index (χ1) is 32.6. The Morgan fingerprint density at radius 2 is 1.80 bits per heavy atom. The zero-order valence-corrected chi connectivity index (χ0v) is 41.7. The summed E-state index contributed by atoms with van der Waals surface area (Å²) in [5.74, 6) is -1.68. The maximum absolute atomic E-state index is 16.9. The molecule has 0 bridgehead atoms. The third-order valence-electron chi connectivity index (χ3n) is 11.5. The van der Waals surface area contributed by atoms with Crippen LogP contribution in [0.2, 0.25) is 18.1 Å². The minimum Gasteiger partial charge on any atom is -0.566 e. The van der Waals surface area contributed by atoms with Crippen LogP contribution in [0.1, 0.15) is 63.9 Å². The molecule has 2 aliphatic rings. The molecule has 4 N–H and O–H groups in total. The van der Waals surface area contributed by atoms with Gasteiger partial charge in [0.05, 0.1) is 38.6 Å². The minimum absolute atomic E-state index is 0.00598. The Hall–Kier alpha value is -4.98. The Kier molecular flexibility index (Phi) is 15.9. The van der Waals surface area contributed by atoms with Gasteiger partial charge in [0, 0.05) is 11.5 Å². The molecule has 25 nitrogen and oxygen atoms in total. The zero-order valence-electron chi connectivity index (χ0n) is 38.1. The average molecular weight is 1030 g/mol. The molecular formula is C39H49FN12O13P2SSi. The number of anilines is 2. The van der Waals surface area contributed by atoms with Gasteiger partial charge in [-0.05, 0) is 46.6 Å². The number of aromatic amines is 1. The molecule has 7 rings (SSSR count). The van der Waals surface area contributed by atoms with Gasteiger partial charge in [0.25, 0.3) is 11.5 Å². The van der Waals surface area contributed by atoms with E-state index in [1.807, 2.05) is 39.9 Å². The number of aliphatic hydroxyl groups excluding tert-OH is 1.